The molecule has 0 aromatic carbocycles. The van der Waals surface area contributed by atoms with Crippen LogP contribution < -0.4 is 0 Å². The highest BCUT2D eigenvalue weighted by molar-refractivity contribution is 6.01. The van der Waals surface area contributed by atoms with Crippen molar-refractivity contribution in [2.75, 3.05) is 0 Å². The summed E-state index contributed by atoms with van der Waals surface area (Å²) in [6, 6.07) is 0. The first-order valence-electron chi connectivity index (χ1n) is 12.8. The second kappa shape index (κ2) is 8.39. The third-order valence-corrected chi connectivity index (χ3v) is 9.77. The summed E-state index contributed by atoms with van der Waals surface area (Å²) in [5, 5.41) is 22.9. The molecule has 8 atom stereocenters. The second-order valence-electron chi connectivity index (χ2n) is 11.3. The first-order chi connectivity index (χ1) is 16.3. The standard InChI is InChI=1S/C28H37FO6/c1-6-18(30)14-22(32)28(35-24(34)7-2)16(3)12-21-20-9-8-17-13-19(31)10-11-25(17,4)27(20,29)23(33)15-26(21,28)5/h10-11,13-14,16,20-21,23,32-33H,6-9,12,15H2,1-5H3/t16-,20-,21-,23-,25-,26-,27-,28-/m0/s1. The minimum absolute atomic E-state index is 0.0606. The smallest absolute Gasteiger partial charge is 0.306 e. The molecule has 7 heteroatoms. The van der Waals surface area contributed by atoms with Gasteiger partial charge in [0.25, 0.3) is 0 Å². The number of alkyl halides is 1. The van der Waals surface area contributed by atoms with E-state index in [1.165, 1.54) is 12.2 Å². The van der Waals surface area contributed by atoms with E-state index in [4.69, 9.17) is 4.74 Å². The Labute approximate surface area is 206 Å². The molecular weight excluding hydrogens is 451 g/mol. The van der Waals surface area contributed by atoms with Crippen molar-refractivity contribution >= 4 is 17.5 Å². The van der Waals surface area contributed by atoms with E-state index in [0.29, 0.717) is 24.8 Å². The van der Waals surface area contributed by atoms with E-state index < -0.39 is 46.0 Å². The molecule has 0 radical (unpaired) electrons. The Morgan fingerprint density at radius 2 is 1.91 bits per heavy atom. The number of aliphatic hydroxyl groups is 2. The molecule has 0 saturated heterocycles. The molecule has 3 saturated carbocycles. The minimum Gasteiger partial charge on any atom is -0.508 e. The van der Waals surface area contributed by atoms with Gasteiger partial charge >= 0.3 is 5.97 Å². The normalized spacial score (nSPS) is 44.7. The van der Waals surface area contributed by atoms with Crippen molar-refractivity contribution in [2.45, 2.75) is 90.5 Å². The number of hydrogen-bond donors (Lipinski definition) is 2. The zero-order chi connectivity index (χ0) is 26.0. The van der Waals surface area contributed by atoms with Crippen LogP contribution in [0.25, 0.3) is 0 Å². The quantitative estimate of drug-likeness (QED) is 0.330. The molecule has 0 aromatic heterocycles. The average molecular weight is 489 g/mol. The molecule has 3 fully saturated rings. The summed E-state index contributed by atoms with van der Waals surface area (Å²) < 4.78 is 23.4. The Morgan fingerprint density at radius 1 is 1.23 bits per heavy atom. The largest absolute Gasteiger partial charge is 0.508 e. The van der Waals surface area contributed by atoms with Crippen LogP contribution in [0.5, 0.6) is 0 Å². The van der Waals surface area contributed by atoms with Gasteiger partial charge in [0, 0.05) is 41.6 Å². The SMILES string of the molecule is CCC(=O)C=C(O)[C@@]1(OC(=O)CC)[C@@H](C)C[C@H]2[C@@H]3CCC4=CC(=O)C=C[C@]4(C)[C@@]3(F)[C@@H](O)C[C@@]21C. The molecule has 0 heterocycles. The van der Waals surface area contributed by atoms with E-state index in [0.717, 1.165) is 6.08 Å². The Bertz CT molecular complexity index is 1040. The van der Waals surface area contributed by atoms with Gasteiger partial charge in [-0.25, -0.2) is 4.39 Å². The van der Waals surface area contributed by atoms with E-state index in [1.807, 2.05) is 13.8 Å². The summed E-state index contributed by atoms with van der Waals surface area (Å²) in [5.74, 6) is -2.65. The lowest BCUT2D eigenvalue weighted by Gasteiger charge is -2.63. The molecule has 4 rings (SSSR count). The number of aliphatic hydroxyl groups excluding tert-OH is 2. The Kier molecular flexibility index (Phi) is 6.19. The maximum atomic E-state index is 17.3. The fourth-order valence-electron chi connectivity index (χ4n) is 7.96. The molecule has 6 nitrogen and oxygen atoms in total. The maximum Gasteiger partial charge on any atom is 0.306 e. The molecule has 4 aliphatic rings. The third-order valence-electron chi connectivity index (χ3n) is 9.77. The summed E-state index contributed by atoms with van der Waals surface area (Å²) in [7, 11) is 0. The van der Waals surface area contributed by atoms with Crippen LogP contribution in [-0.4, -0.2) is 45.1 Å². The van der Waals surface area contributed by atoms with Gasteiger partial charge in [-0.05, 0) is 50.7 Å². The number of fused-ring (bicyclic) bond motifs is 5. The van der Waals surface area contributed by atoms with Crippen LogP contribution in [-0.2, 0) is 19.1 Å². The van der Waals surface area contributed by atoms with Crippen LogP contribution >= 0.6 is 0 Å². The topological polar surface area (TPSA) is 101 Å². The van der Waals surface area contributed by atoms with E-state index in [9.17, 15) is 24.6 Å². The molecular formula is C28H37FO6. The lowest BCUT2D eigenvalue weighted by Crippen LogP contribution is -2.69. The summed E-state index contributed by atoms with van der Waals surface area (Å²) in [6.45, 7) is 8.79. The molecule has 0 unspecified atom stereocenters. The molecule has 192 valence electrons. The van der Waals surface area contributed by atoms with Crippen LogP contribution in [0.1, 0.15) is 73.1 Å². The maximum absolute atomic E-state index is 17.3. The summed E-state index contributed by atoms with van der Waals surface area (Å²) in [6.07, 6.45) is 5.78. The lowest BCUT2D eigenvalue weighted by molar-refractivity contribution is -0.227. The molecule has 0 spiro atoms. The predicted molar refractivity (Wildman–Crippen MR) is 128 cm³/mol. The molecule has 2 N–H and O–H groups in total. The fourth-order valence-corrected chi connectivity index (χ4v) is 7.96. The van der Waals surface area contributed by atoms with Gasteiger partial charge in [-0.1, -0.05) is 39.3 Å². The van der Waals surface area contributed by atoms with Gasteiger partial charge in [0.2, 0.25) is 0 Å². The number of hydrogen-bond acceptors (Lipinski definition) is 6. The molecule has 0 bridgehead atoms. The molecule has 0 aromatic rings. The van der Waals surface area contributed by atoms with E-state index in [2.05, 4.69) is 0 Å². The minimum atomic E-state index is -2.03. The van der Waals surface area contributed by atoms with Gasteiger partial charge < -0.3 is 14.9 Å². The van der Waals surface area contributed by atoms with E-state index in [1.54, 1.807) is 26.8 Å². The van der Waals surface area contributed by atoms with E-state index >= 15 is 4.39 Å². The fraction of sp³-hybridized carbons (Fsp3) is 0.679. The van der Waals surface area contributed by atoms with Crippen molar-refractivity contribution in [3.8, 4) is 0 Å². The monoisotopic (exact) mass is 488 g/mol. The number of carbonyl (C=O) groups excluding carboxylic acids is 3. The first kappa shape index (κ1) is 25.8. The number of ether oxygens (including phenoxy) is 1. The molecule has 0 amide bonds. The van der Waals surface area contributed by atoms with Crippen LogP contribution in [0.15, 0.2) is 35.6 Å². The number of allylic oxidation sites excluding steroid dienone is 5. The van der Waals surface area contributed by atoms with Gasteiger partial charge in [-0.3, -0.25) is 14.4 Å². The van der Waals surface area contributed by atoms with Crippen molar-refractivity contribution in [1.82, 2.24) is 0 Å². The predicted octanol–water partition coefficient (Wildman–Crippen LogP) is 4.72. The van der Waals surface area contributed by atoms with Gasteiger partial charge in [0.15, 0.2) is 22.8 Å². The number of carbonyl (C=O) groups is 3. The highest BCUT2D eigenvalue weighted by Gasteiger charge is 2.76. The zero-order valence-corrected chi connectivity index (χ0v) is 21.3. The summed E-state index contributed by atoms with van der Waals surface area (Å²) in [4.78, 5) is 37.0. The van der Waals surface area contributed by atoms with Crippen LogP contribution in [0.2, 0.25) is 0 Å². The summed E-state index contributed by atoms with van der Waals surface area (Å²) in [5.41, 5.74) is -5.01. The zero-order valence-electron chi connectivity index (χ0n) is 21.3. The van der Waals surface area contributed by atoms with Crippen LogP contribution in [0.4, 0.5) is 4.39 Å². The second-order valence-corrected chi connectivity index (χ2v) is 11.3. The van der Waals surface area contributed by atoms with Crippen molar-refractivity contribution in [3.63, 3.8) is 0 Å². The third kappa shape index (κ3) is 3.26. The van der Waals surface area contributed by atoms with Crippen molar-refractivity contribution in [1.29, 1.82) is 0 Å². The molecule has 0 aliphatic heterocycles. The van der Waals surface area contributed by atoms with Gasteiger partial charge in [-0.15, -0.1) is 0 Å². The number of rotatable bonds is 5. The Balaban J connectivity index is 1.87. The van der Waals surface area contributed by atoms with Gasteiger partial charge in [-0.2, -0.15) is 0 Å². The van der Waals surface area contributed by atoms with Crippen molar-refractivity contribution in [2.24, 2.45) is 28.6 Å². The number of esters is 1. The van der Waals surface area contributed by atoms with Crippen molar-refractivity contribution in [3.05, 3.63) is 35.6 Å². The van der Waals surface area contributed by atoms with Gasteiger partial charge in [0.05, 0.1) is 6.10 Å². The number of ketones is 2. The lowest BCUT2D eigenvalue weighted by atomic mass is 9.44. The van der Waals surface area contributed by atoms with Crippen molar-refractivity contribution < 1.29 is 33.7 Å². The summed E-state index contributed by atoms with van der Waals surface area (Å²) >= 11 is 0. The Hall–Kier alpha value is -2.28. The molecule has 35 heavy (non-hydrogen) atoms. The highest BCUT2D eigenvalue weighted by Crippen LogP contribution is 2.72. The highest BCUT2D eigenvalue weighted by atomic mass is 19.1. The molecule has 4 aliphatic carbocycles. The van der Waals surface area contributed by atoms with Crippen LogP contribution in [0, 0.1) is 28.6 Å². The number of halogens is 1. The van der Waals surface area contributed by atoms with Gasteiger partial charge in [0.1, 0.15) is 5.76 Å². The van der Waals surface area contributed by atoms with Crippen LogP contribution in [0.3, 0.4) is 0 Å². The Morgan fingerprint density at radius 3 is 2.54 bits per heavy atom. The average Bonchev–Trinajstić information content (AvgIpc) is 3.02. The van der Waals surface area contributed by atoms with E-state index in [-0.39, 0.29) is 42.5 Å². The first-order valence-corrected chi connectivity index (χ1v) is 12.8.